The second-order valence-electron chi connectivity index (χ2n) is 2.43. The van der Waals surface area contributed by atoms with Crippen molar-refractivity contribution in [2.45, 2.75) is 0 Å². The minimum Gasteiger partial charge on any atom is -0.398 e. The summed E-state index contributed by atoms with van der Waals surface area (Å²) in [6, 6.07) is 7.51. The number of rotatable bonds is 0. The fourth-order valence-electron chi connectivity index (χ4n) is 1.14. The number of fused-ring (bicyclic) bond motifs is 1. The predicted molar refractivity (Wildman–Crippen MR) is 47.7 cm³/mol. The summed E-state index contributed by atoms with van der Waals surface area (Å²) >= 11 is 5.74. The number of anilines is 1. The molecule has 1 aromatic carbocycles. The number of aromatic amines is 1. The Morgan fingerprint density at radius 1 is 1.36 bits per heavy atom. The van der Waals surface area contributed by atoms with Crippen LogP contribution >= 0.6 is 11.6 Å². The first-order valence-corrected chi connectivity index (χ1v) is 3.68. The van der Waals surface area contributed by atoms with Gasteiger partial charge in [-0.3, -0.25) is 0 Å². The van der Waals surface area contributed by atoms with Crippen LogP contribution in [0.1, 0.15) is 0 Å². The summed E-state index contributed by atoms with van der Waals surface area (Å²) in [6.07, 6.45) is 0. The molecule has 2 rings (SSSR count). The number of H-pyrrole nitrogens is 1. The van der Waals surface area contributed by atoms with E-state index in [1.165, 1.54) is 0 Å². The molecule has 56 valence electrons. The van der Waals surface area contributed by atoms with Crippen LogP contribution in [-0.2, 0) is 0 Å². The monoisotopic (exact) mass is 166 g/mol. The molecule has 0 saturated heterocycles. The predicted octanol–water partition coefficient (Wildman–Crippen LogP) is 2.40. The second-order valence-corrected chi connectivity index (χ2v) is 2.83. The number of hydrogen-bond donors (Lipinski definition) is 2. The molecule has 0 bridgehead atoms. The molecule has 3 N–H and O–H groups in total. The van der Waals surface area contributed by atoms with E-state index in [-0.39, 0.29) is 0 Å². The van der Waals surface area contributed by atoms with Crippen molar-refractivity contribution in [3.63, 3.8) is 0 Å². The maximum Gasteiger partial charge on any atom is 0.107 e. The first-order chi connectivity index (χ1) is 5.27. The number of hydrogen-bond acceptors (Lipinski definition) is 1. The van der Waals surface area contributed by atoms with Gasteiger partial charge in [0.1, 0.15) is 5.15 Å². The largest absolute Gasteiger partial charge is 0.398 e. The van der Waals surface area contributed by atoms with E-state index in [0.717, 1.165) is 16.6 Å². The van der Waals surface area contributed by atoms with Crippen molar-refractivity contribution in [2.24, 2.45) is 0 Å². The molecule has 2 aromatic rings. The Hall–Kier alpha value is -1.15. The Balaban J connectivity index is 2.90. The van der Waals surface area contributed by atoms with Gasteiger partial charge in [0.25, 0.3) is 0 Å². The van der Waals surface area contributed by atoms with Gasteiger partial charge in [0.05, 0.1) is 0 Å². The van der Waals surface area contributed by atoms with Crippen LogP contribution in [0.5, 0.6) is 0 Å². The highest BCUT2D eigenvalue weighted by Crippen LogP contribution is 2.23. The van der Waals surface area contributed by atoms with E-state index >= 15 is 0 Å². The lowest BCUT2D eigenvalue weighted by Crippen LogP contribution is -1.82. The van der Waals surface area contributed by atoms with Crippen LogP contribution in [0, 0.1) is 0 Å². The topological polar surface area (TPSA) is 41.8 Å². The van der Waals surface area contributed by atoms with Gasteiger partial charge in [0.2, 0.25) is 0 Å². The fourth-order valence-corrected chi connectivity index (χ4v) is 1.36. The maximum atomic E-state index is 5.74. The highest BCUT2D eigenvalue weighted by Gasteiger charge is 1.99. The molecule has 0 aliphatic rings. The Morgan fingerprint density at radius 2 is 2.18 bits per heavy atom. The zero-order valence-corrected chi connectivity index (χ0v) is 6.52. The summed E-state index contributed by atoms with van der Waals surface area (Å²) in [5.74, 6) is 0. The number of nitrogens with one attached hydrogen (secondary N) is 1. The van der Waals surface area contributed by atoms with Crippen LogP contribution in [0.3, 0.4) is 0 Å². The molecule has 0 aliphatic heterocycles. The summed E-state index contributed by atoms with van der Waals surface area (Å²) in [5, 5.41) is 1.61. The van der Waals surface area contributed by atoms with E-state index in [9.17, 15) is 0 Å². The van der Waals surface area contributed by atoms with Crippen molar-refractivity contribution in [1.82, 2.24) is 4.98 Å². The van der Waals surface area contributed by atoms with Crippen molar-refractivity contribution in [1.29, 1.82) is 0 Å². The van der Waals surface area contributed by atoms with E-state index in [2.05, 4.69) is 4.98 Å². The van der Waals surface area contributed by atoms with Gasteiger partial charge < -0.3 is 10.7 Å². The van der Waals surface area contributed by atoms with Gasteiger partial charge in [0.15, 0.2) is 0 Å². The highest BCUT2D eigenvalue weighted by molar-refractivity contribution is 6.30. The first kappa shape index (κ1) is 6.55. The van der Waals surface area contributed by atoms with Crippen LogP contribution in [0.4, 0.5) is 5.69 Å². The van der Waals surface area contributed by atoms with Crippen LogP contribution in [0.25, 0.3) is 10.9 Å². The molecule has 0 saturated carbocycles. The van der Waals surface area contributed by atoms with Gasteiger partial charge in [-0.2, -0.15) is 0 Å². The average Bonchev–Trinajstić information content (AvgIpc) is 2.31. The Bertz CT molecular complexity index is 392. The molecule has 0 atom stereocenters. The minimum atomic E-state index is 0.623. The summed E-state index contributed by atoms with van der Waals surface area (Å²) in [4.78, 5) is 2.98. The van der Waals surface area contributed by atoms with Crippen LogP contribution < -0.4 is 5.73 Å². The van der Waals surface area contributed by atoms with Gasteiger partial charge in [-0.25, -0.2) is 0 Å². The van der Waals surface area contributed by atoms with Crippen molar-refractivity contribution in [3.05, 3.63) is 29.4 Å². The SMILES string of the molecule is Nc1cccc2[nH]c(Cl)cc12. The number of nitrogen functional groups attached to an aromatic ring is 1. The van der Waals surface area contributed by atoms with E-state index in [0.29, 0.717) is 5.15 Å². The summed E-state index contributed by atoms with van der Waals surface area (Å²) < 4.78 is 0. The zero-order valence-electron chi connectivity index (χ0n) is 5.76. The number of benzene rings is 1. The highest BCUT2D eigenvalue weighted by atomic mass is 35.5. The van der Waals surface area contributed by atoms with Crippen molar-refractivity contribution in [2.75, 3.05) is 5.73 Å². The van der Waals surface area contributed by atoms with E-state index in [1.54, 1.807) is 0 Å². The molecule has 11 heavy (non-hydrogen) atoms. The molecule has 0 aliphatic carbocycles. The molecule has 0 amide bonds. The van der Waals surface area contributed by atoms with E-state index in [1.807, 2.05) is 24.3 Å². The van der Waals surface area contributed by atoms with Gasteiger partial charge in [-0.05, 0) is 18.2 Å². The molecule has 2 nitrogen and oxygen atoms in total. The van der Waals surface area contributed by atoms with Crippen LogP contribution in [0.2, 0.25) is 5.15 Å². The van der Waals surface area contributed by atoms with Crippen molar-refractivity contribution in [3.8, 4) is 0 Å². The van der Waals surface area contributed by atoms with Crippen LogP contribution in [0.15, 0.2) is 24.3 Å². The number of nitrogens with two attached hydrogens (primary N) is 1. The molecule has 0 fully saturated rings. The number of halogens is 1. The fraction of sp³-hybridized carbons (Fsp3) is 0. The van der Waals surface area contributed by atoms with Crippen LogP contribution in [-0.4, -0.2) is 4.98 Å². The standard InChI is InChI=1S/C8H7ClN2/c9-8-4-5-6(10)2-1-3-7(5)11-8/h1-4,11H,10H2. The van der Waals surface area contributed by atoms with Crippen molar-refractivity contribution >= 4 is 28.2 Å². The third kappa shape index (κ3) is 0.955. The lowest BCUT2D eigenvalue weighted by atomic mass is 10.2. The quantitative estimate of drug-likeness (QED) is 0.580. The average molecular weight is 167 g/mol. The molecular formula is C8H7ClN2. The van der Waals surface area contributed by atoms with E-state index < -0.39 is 0 Å². The number of aromatic nitrogens is 1. The van der Waals surface area contributed by atoms with Gasteiger partial charge in [-0.1, -0.05) is 17.7 Å². The van der Waals surface area contributed by atoms with Crippen molar-refractivity contribution < 1.29 is 0 Å². The molecule has 1 heterocycles. The smallest absolute Gasteiger partial charge is 0.107 e. The molecule has 0 unspecified atom stereocenters. The minimum absolute atomic E-state index is 0.623. The third-order valence-electron chi connectivity index (χ3n) is 1.66. The zero-order chi connectivity index (χ0) is 7.84. The Labute approximate surface area is 69.0 Å². The van der Waals surface area contributed by atoms with Gasteiger partial charge in [-0.15, -0.1) is 0 Å². The van der Waals surface area contributed by atoms with Gasteiger partial charge >= 0.3 is 0 Å². The van der Waals surface area contributed by atoms with Gasteiger partial charge in [0, 0.05) is 16.6 Å². The van der Waals surface area contributed by atoms with E-state index in [4.69, 9.17) is 17.3 Å². The molecule has 0 radical (unpaired) electrons. The summed E-state index contributed by atoms with van der Waals surface area (Å²) in [5.41, 5.74) is 7.43. The molecular weight excluding hydrogens is 160 g/mol. The first-order valence-electron chi connectivity index (χ1n) is 3.30. The normalized spacial score (nSPS) is 10.6. The molecule has 3 heteroatoms. The Morgan fingerprint density at radius 3 is 2.91 bits per heavy atom. The molecule has 0 spiro atoms. The molecule has 1 aromatic heterocycles. The summed E-state index contributed by atoms with van der Waals surface area (Å²) in [6.45, 7) is 0. The lowest BCUT2D eigenvalue weighted by molar-refractivity contribution is 1.48. The summed E-state index contributed by atoms with van der Waals surface area (Å²) in [7, 11) is 0. The third-order valence-corrected chi connectivity index (χ3v) is 1.87. The Kier molecular flexibility index (Phi) is 1.29. The maximum absolute atomic E-state index is 5.74. The second kappa shape index (κ2) is 2.17. The lowest BCUT2D eigenvalue weighted by Gasteiger charge is -1.92.